The van der Waals surface area contributed by atoms with Crippen molar-refractivity contribution in [2.45, 2.75) is 20.4 Å². The molecule has 6 nitrogen and oxygen atoms in total. The lowest BCUT2D eigenvalue weighted by Gasteiger charge is -2.17. The van der Waals surface area contributed by atoms with Gasteiger partial charge in [0.1, 0.15) is 5.01 Å². The molecule has 1 aromatic heterocycles. The summed E-state index contributed by atoms with van der Waals surface area (Å²) in [6, 6.07) is 18.1. The molecule has 3 aromatic carbocycles. The van der Waals surface area contributed by atoms with Gasteiger partial charge >= 0.3 is 0 Å². The van der Waals surface area contributed by atoms with Crippen LogP contribution in [0.5, 0.6) is 0 Å². The van der Waals surface area contributed by atoms with E-state index in [2.05, 4.69) is 10.3 Å². The Morgan fingerprint density at radius 1 is 0.969 bits per heavy atom. The molecule has 5 rings (SSSR count). The molecule has 1 N–H and O–H groups in total. The van der Waals surface area contributed by atoms with Gasteiger partial charge in [-0.1, -0.05) is 24.3 Å². The minimum absolute atomic E-state index is 0.239. The van der Waals surface area contributed by atoms with Crippen molar-refractivity contribution in [2.24, 2.45) is 0 Å². The predicted octanol–water partition coefficient (Wildman–Crippen LogP) is 4.64. The van der Waals surface area contributed by atoms with Gasteiger partial charge in [-0.25, -0.2) is 9.88 Å². The van der Waals surface area contributed by atoms with Crippen molar-refractivity contribution in [1.29, 1.82) is 0 Å². The van der Waals surface area contributed by atoms with Crippen LogP contribution in [0, 0.1) is 13.8 Å². The number of thiazole rings is 1. The maximum absolute atomic E-state index is 13.1. The second-order valence-electron chi connectivity index (χ2n) is 7.75. The van der Waals surface area contributed by atoms with Crippen molar-refractivity contribution in [3.63, 3.8) is 0 Å². The van der Waals surface area contributed by atoms with E-state index in [1.54, 1.807) is 12.1 Å². The van der Waals surface area contributed by atoms with Crippen LogP contribution < -0.4 is 10.2 Å². The number of carbonyl (C=O) groups excluding carboxylic acids is 3. The van der Waals surface area contributed by atoms with Crippen molar-refractivity contribution < 1.29 is 14.4 Å². The summed E-state index contributed by atoms with van der Waals surface area (Å²) in [6.45, 7) is 4.06. The molecule has 0 atom stereocenters. The molecule has 0 bridgehead atoms. The van der Waals surface area contributed by atoms with E-state index in [0.717, 1.165) is 26.4 Å². The average molecular weight is 442 g/mol. The Morgan fingerprint density at radius 2 is 1.75 bits per heavy atom. The highest BCUT2D eigenvalue weighted by Gasteiger charge is 2.37. The molecule has 2 heterocycles. The molecular weight excluding hydrogens is 422 g/mol. The monoisotopic (exact) mass is 441 g/mol. The third-order valence-corrected chi connectivity index (χ3v) is 6.53. The summed E-state index contributed by atoms with van der Waals surface area (Å²) in [5, 5.41) is 3.65. The Hall–Kier alpha value is -3.84. The quantitative estimate of drug-likeness (QED) is 0.468. The molecule has 7 heteroatoms. The molecular formula is C25H19N3O3S. The molecule has 1 aliphatic heterocycles. The van der Waals surface area contributed by atoms with Crippen LogP contribution in [0.4, 0.5) is 5.69 Å². The molecule has 0 spiro atoms. The van der Waals surface area contributed by atoms with Gasteiger partial charge in [-0.05, 0) is 61.4 Å². The largest absolute Gasteiger partial charge is 0.346 e. The summed E-state index contributed by atoms with van der Waals surface area (Å²) in [4.78, 5) is 44.5. The van der Waals surface area contributed by atoms with E-state index in [4.69, 9.17) is 0 Å². The van der Waals surface area contributed by atoms with Crippen LogP contribution in [0.1, 0.15) is 47.2 Å². The third kappa shape index (κ3) is 3.36. The Morgan fingerprint density at radius 3 is 2.56 bits per heavy atom. The second kappa shape index (κ2) is 7.69. The van der Waals surface area contributed by atoms with Gasteiger partial charge in [0.2, 0.25) is 0 Å². The van der Waals surface area contributed by atoms with E-state index in [9.17, 15) is 14.4 Å². The number of aromatic nitrogens is 1. The second-order valence-corrected chi connectivity index (χ2v) is 8.87. The molecule has 3 amide bonds. The maximum atomic E-state index is 13.1. The minimum atomic E-state index is -0.417. The zero-order valence-electron chi connectivity index (χ0n) is 17.5. The molecule has 0 saturated heterocycles. The first-order chi connectivity index (χ1) is 15.4. The molecule has 0 radical (unpaired) electrons. The van der Waals surface area contributed by atoms with Gasteiger partial charge < -0.3 is 5.32 Å². The summed E-state index contributed by atoms with van der Waals surface area (Å²) < 4.78 is 1.06. The molecule has 158 valence electrons. The van der Waals surface area contributed by atoms with E-state index in [0.29, 0.717) is 16.8 Å². The van der Waals surface area contributed by atoms with E-state index >= 15 is 0 Å². The number of benzene rings is 3. The van der Waals surface area contributed by atoms with Crippen LogP contribution in [-0.4, -0.2) is 22.7 Å². The SMILES string of the molecule is Cc1ccc(C)c(N2C(=O)c3ccc(C(=O)NCc4nc5ccccc5s4)cc3C2=O)c1. The Bertz CT molecular complexity index is 1390. The van der Waals surface area contributed by atoms with Gasteiger partial charge in [-0.3, -0.25) is 14.4 Å². The molecule has 0 fully saturated rings. The van der Waals surface area contributed by atoms with Gasteiger partial charge in [0.05, 0.1) is 33.6 Å². The average Bonchev–Trinajstić information content (AvgIpc) is 3.32. The number of para-hydroxylation sites is 1. The van der Waals surface area contributed by atoms with Gasteiger partial charge in [-0.15, -0.1) is 11.3 Å². The predicted molar refractivity (Wildman–Crippen MR) is 124 cm³/mol. The van der Waals surface area contributed by atoms with Crippen LogP contribution in [0.3, 0.4) is 0 Å². The number of imide groups is 1. The number of hydrogen-bond donors (Lipinski definition) is 1. The number of anilines is 1. The van der Waals surface area contributed by atoms with Gasteiger partial charge in [0.25, 0.3) is 17.7 Å². The molecule has 0 unspecified atom stereocenters. The molecule has 32 heavy (non-hydrogen) atoms. The number of amides is 3. The number of hydrogen-bond acceptors (Lipinski definition) is 5. The summed E-state index contributed by atoms with van der Waals surface area (Å²) in [7, 11) is 0. The first-order valence-electron chi connectivity index (χ1n) is 10.1. The van der Waals surface area contributed by atoms with Gasteiger partial charge in [0, 0.05) is 5.56 Å². The lowest BCUT2D eigenvalue weighted by atomic mass is 10.1. The number of rotatable bonds is 4. The fourth-order valence-corrected chi connectivity index (χ4v) is 4.72. The van der Waals surface area contributed by atoms with E-state index in [-0.39, 0.29) is 23.9 Å². The van der Waals surface area contributed by atoms with E-state index in [1.165, 1.54) is 22.3 Å². The van der Waals surface area contributed by atoms with E-state index in [1.807, 2.05) is 56.3 Å². The lowest BCUT2D eigenvalue weighted by molar-refractivity contribution is 0.0923. The van der Waals surface area contributed by atoms with Crippen molar-refractivity contribution in [3.8, 4) is 0 Å². The Balaban J connectivity index is 1.38. The molecule has 4 aromatic rings. The number of nitrogens with one attached hydrogen (secondary N) is 1. The zero-order valence-corrected chi connectivity index (χ0v) is 18.3. The van der Waals surface area contributed by atoms with Gasteiger partial charge in [0.15, 0.2) is 0 Å². The van der Waals surface area contributed by atoms with Gasteiger partial charge in [-0.2, -0.15) is 0 Å². The lowest BCUT2D eigenvalue weighted by Crippen LogP contribution is -2.30. The normalized spacial score (nSPS) is 13.0. The van der Waals surface area contributed by atoms with Crippen LogP contribution >= 0.6 is 11.3 Å². The van der Waals surface area contributed by atoms with Crippen molar-refractivity contribution in [2.75, 3.05) is 4.90 Å². The maximum Gasteiger partial charge on any atom is 0.266 e. The highest BCUT2D eigenvalue weighted by molar-refractivity contribution is 7.18. The standard InChI is InChI=1S/C25H19N3O3S/c1-14-7-8-15(2)20(11-14)28-24(30)17-10-9-16(12-18(17)25(28)31)23(29)26-13-22-27-19-5-3-4-6-21(19)32-22/h3-12H,13H2,1-2H3,(H,26,29). The number of nitrogens with zero attached hydrogens (tertiary/aromatic N) is 2. The van der Waals surface area contributed by atoms with E-state index < -0.39 is 5.91 Å². The van der Waals surface area contributed by atoms with Crippen LogP contribution in [0.2, 0.25) is 0 Å². The van der Waals surface area contributed by atoms with Crippen molar-refractivity contribution in [3.05, 3.63) is 93.5 Å². The first-order valence-corrected chi connectivity index (χ1v) is 11.0. The summed E-state index contributed by atoms with van der Waals surface area (Å²) in [5.41, 5.74) is 4.12. The third-order valence-electron chi connectivity index (χ3n) is 5.49. The topological polar surface area (TPSA) is 79.4 Å². The molecule has 0 aliphatic carbocycles. The highest BCUT2D eigenvalue weighted by Crippen LogP contribution is 2.32. The first kappa shape index (κ1) is 20.1. The fourth-order valence-electron chi connectivity index (χ4n) is 3.81. The van der Waals surface area contributed by atoms with Crippen LogP contribution in [0.25, 0.3) is 10.2 Å². The Labute approximate surface area is 188 Å². The molecule has 1 aliphatic rings. The number of carbonyl (C=O) groups is 3. The summed E-state index contributed by atoms with van der Waals surface area (Å²) in [6.07, 6.45) is 0. The van der Waals surface area contributed by atoms with Crippen LogP contribution in [0.15, 0.2) is 60.7 Å². The summed E-state index contributed by atoms with van der Waals surface area (Å²) >= 11 is 1.52. The van der Waals surface area contributed by atoms with Crippen LogP contribution in [-0.2, 0) is 6.54 Å². The molecule has 0 saturated carbocycles. The van der Waals surface area contributed by atoms with Crippen molar-refractivity contribution >= 4 is 45.0 Å². The smallest absolute Gasteiger partial charge is 0.266 e. The highest BCUT2D eigenvalue weighted by atomic mass is 32.1. The number of fused-ring (bicyclic) bond motifs is 2. The van der Waals surface area contributed by atoms with Crippen molar-refractivity contribution in [1.82, 2.24) is 10.3 Å². The number of aryl methyl sites for hydroxylation is 2. The Kier molecular flexibility index (Phi) is 4.83. The zero-order chi connectivity index (χ0) is 22.4. The minimum Gasteiger partial charge on any atom is -0.346 e. The fraction of sp³-hybridized carbons (Fsp3) is 0.120. The summed E-state index contributed by atoms with van der Waals surface area (Å²) in [5.74, 6) is -1.11.